The van der Waals surface area contributed by atoms with Crippen LogP contribution in [0.15, 0.2) is 89.3 Å². The van der Waals surface area contributed by atoms with Gasteiger partial charge in [0.25, 0.3) is 0 Å². The van der Waals surface area contributed by atoms with Gasteiger partial charge in [-0.15, -0.1) is 0 Å². The maximum absolute atomic E-state index is 6.17. The second kappa shape index (κ2) is 6.35. The highest BCUT2D eigenvalue weighted by atomic mass is 127. The lowest BCUT2D eigenvalue weighted by molar-refractivity contribution is 0.632. The first-order valence-corrected chi connectivity index (χ1v) is 11.2. The van der Waals surface area contributed by atoms with Gasteiger partial charge in [-0.05, 0) is 64.0 Å². The molecule has 0 saturated carbocycles. The van der Waals surface area contributed by atoms with Crippen LogP contribution in [0.5, 0.6) is 0 Å². The first-order chi connectivity index (χ1) is 14.6. The summed E-state index contributed by atoms with van der Waals surface area (Å²) in [5, 5.41) is 2.32. The average Bonchev–Trinajstić information content (AvgIpc) is 3.14. The minimum atomic E-state index is -0.0523. The van der Waals surface area contributed by atoms with Crippen molar-refractivity contribution >= 4 is 61.6 Å². The Hall–Kier alpha value is -2.79. The molecule has 146 valence electrons. The van der Waals surface area contributed by atoms with Crippen LogP contribution in [0.25, 0.3) is 21.9 Å². The summed E-state index contributed by atoms with van der Waals surface area (Å²) in [6.07, 6.45) is 0. The average molecular weight is 501 g/mol. The number of anilines is 3. The number of hydrogen-bond donors (Lipinski definition) is 0. The van der Waals surface area contributed by atoms with Crippen molar-refractivity contribution in [2.75, 3.05) is 4.90 Å². The van der Waals surface area contributed by atoms with E-state index in [1.807, 2.05) is 12.1 Å². The smallest absolute Gasteiger partial charge is 0.148 e. The van der Waals surface area contributed by atoms with Crippen LogP contribution in [0.1, 0.15) is 25.0 Å². The van der Waals surface area contributed by atoms with Gasteiger partial charge in [0.15, 0.2) is 0 Å². The molecule has 0 amide bonds. The molecule has 0 bridgehead atoms. The summed E-state index contributed by atoms with van der Waals surface area (Å²) in [6, 6.07) is 30.3. The van der Waals surface area contributed by atoms with Gasteiger partial charge in [0.1, 0.15) is 11.2 Å². The number of halogens is 1. The standard InChI is InChI=1S/C27H20INO/c1-27(2)20-10-4-6-12-23(20)29(24-13-7-5-11-21(24)27)17-15-19-18-9-3-8-14-25(18)30-26(19)22(28)16-17/h3-16H,1-2H3. The second-order valence-electron chi connectivity index (χ2n) is 8.40. The molecule has 3 heteroatoms. The lowest BCUT2D eigenvalue weighted by atomic mass is 9.73. The summed E-state index contributed by atoms with van der Waals surface area (Å²) < 4.78 is 7.29. The molecule has 0 aliphatic carbocycles. The van der Waals surface area contributed by atoms with E-state index >= 15 is 0 Å². The van der Waals surface area contributed by atoms with E-state index in [2.05, 4.69) is 114 Å². The van der Waals surface area contributed by atoms with E-state index in [4.69, 9.17) is 4.42 Å². The maximum Gasteiger partial charge on any atom is 0.148 e. The van der Waals surface area contributed by atoms with Gasteiger partial charge in [-0.1, -0.05) is 68.4 Å². The zero-order valence-electron chi connectivity index (χ0n) is 16.8. The fourth-order valence-corrected chi connectivity index (χ4v) is 5.57. The van der Waals surface area contributed by atoms with E-state index in [1.54, 1.807) is 0 Å². The van der Waals surface area contributed by atoms with Crippen LogP contribution >= 0.6 is 22.6 Å². The molecule has 0 fully saturated rings. The van der Waals surface area contributed by atoms with Gasteiger partial charge in [0.05, 0.1) is 14.9 Å². The highest BCUT2D eigenvalue weighted by molar-refractivity contribution is 14.1. The molecular weight excluding hydrogens is 481 g/mol. The molecule has 0 N–H and O–H groups in total. The molecule has 0 saturated heterocycles. The van der Waals surface area contributed by atoms with Gasteiger partial charge in [-0.25, -0.2) is 0 Å². The first kappa shape index (κ1) is 18.0. The molecule has 0 spiro atoms. The minimum Gasteiger partial charge on any atom is -0.455 e. The SMILES string of the molecule is CC1(C)c2ccccc2N(c2cc(I)c3oc4ccccc4c3c2)c2ccccc21. The largest absolute Gasteiger partial charge is 0.455 e. The number of furan rings is 1. The number of nitrogens with zero attached hydrogens (tertiary/aromatic N) is 1. The van der Waals surface area contributed by atoms with Crippen LogP contribution in [0.4, 0.5) is 17.1 Å². The van der Waals surface area contributed by atoms with Crippen LogP contribution in [0.2, 0.25) is 0 Å². The van der Waals surface area contributed by atoms with Gasteiger partial charge in [-0.2, -0.15) is 0 Å². The third-order valence-corrected chi connectivity index (χ3v) is 7.11. The van der Waals surface area contributed by atoms with Crippen molar-refractivity contribution in [3.8, 4) is 0 Å². The van der Waals surface area contributed by atoms with Gasteiger partial charge >= 0.3 is 0 Å². The summed E-state index contributed by atoms with van der Waals surface area (Å²) in [5.74, 6) is 0. The maximum atomic E-state index is 6.17. The molecule has 2 nitrogen and oxygen atoms in total. The van der Waals surface area contributed by atoms with Crippen molar-refractivity contribution in [3.63, 3.8) is 0 Å². The van der Waals surface area contributed by atoms with Crippen molar-refractivity contribution in [1.29, 1.82) is 0 Å². The zero-order valence-corrected chi connectivity index (χ0v) is 19.0. The normalized spacial score (nSPS) is 14.7. The minimum absolute atomic E-state index is 0.0523. The summed E-state index contributed by atoms with van der Waals surface area (Å²) >= 11 is 2.40. The molecule has 0 radical (unpaired) electrons. The molecule has 30 heavy (non-hydrogen) atoms. The lowest BCUT2D eigenvalue weighted by Gasteiger charge is -2.42. The van der Waals surface area contributed by atoms with Crippen molar-refractivity contribution in [2.24, 2.45) is 0 Å². The Morgan fingerprint density at radius 3 is 2.03 bits per heavy atom. The number of benzene rings is 4. The number of fused-ring (bicyclic) bond motifs is 5. The topological polar surface area (TPSA) is 16.4 Å². The molecule has 0 unspecified atom stereocenters. The fourth-order valence-electron chi connectivity index (χ4n) is 4.85. The van der Waals surface area contributed by atoms with Crippen molar-refractivity contribution in [2.45, 2.75) is 19.3 Å². The Balaban J connectivity index is 1.69. The highest BCUT2D eigenvalue weighted by Crippen LogP contribution is 2.52. The molecule has 4 aromatic carbocycles. The molecule has 2 heterocycles. The van der Waals surface area contributed by atoms with E-state index < -0.39 is 0 Å². The van der Waals surface area contributed by atoms with Crippen LogP contribution < -0.4 is 4.90 Å². The van der Waals surface area contributed by atoms with Crippen LogP contribution in [-0.4, -0.2) is 0 Å². The predicted octanol–water partition coefficient (Wildman–Crippen LogP) is 8.30. The van der Waals surface area contributed by atoms with Crippen molar-refractivity contribution in [3.05, 3.63) is 99.6 Å². The molecule has 1 aromatic heterocycles. The van der Waals surface area contributed by atoms with Crippen LogP contribution in [-0.2, 0) is 5.41 Å². The highest BCUT2D eigenvalue weighted by Gasteiger charge is 2.36. The van der Waals surface area contributed by atoms with Crippen LogP contribution in [0, 0.1) is 3.57 Å². The number of para-hydroxylation sites is 3. The summed E-state index contributed by atoms with van der Waals surface area (Å²) in [7, 11) is 0. The molecule has 1 aliphatic heterocycles. The summed E-state index contributed by atoms with van der Waals surface area (Å²) in [5.41, 5.74) is 8.17. The summed E-state index contributed by atoms with van der Waals surface area (Å²) in [4.78, 5) is 2.40. The van der Waals surface area contributed by atoms with E-state index in [0.29, 0.717) is 0 Å². The van der Waals surface area contributed by atoms with Gasteiger partial charge in [0.2, 0.25) is 0 Å². The quantitative estimate of drug-likeness (QED) is 0.215. The van der Waals surface area contributed by atoms with Gasteiger partial charge < -0.3 is 9.32 Å². The third kappa shape index (κ3) is 2.42. The van der Waals surface area contributed by atoms with Gasteiger partial charge in [-0.3, -0.25) is 0 Å². The third-order valence-electron chi connectivity index (χ3n) is 6.31. The van der Waals surface area contributed by atoms with E-state index in [-0.39, 0.29) is 5.41 Å². The molecule has 0 atom stereocenters. The van der Waals surface area contributed by atoms with E-state index in [0.717, 1.165) is 31.2 Å². The molecule has 5 aromatic rings. The molecular formula is C27H20INO. The first-order valence-electron chi connectivity index (χ1n) is 10.2. The number of hydrogen-bond acceptors (Lipinski definition) is 2. The Morgan fingerprint density at radius 2 is 1.33 bits per heavy atom. The fraction of sp³-hybridized carbons (Fsp3) is 0.111. The van der Waals surface area contributed by atoms with E-state index in [1.165, 1.54) is 22.5 Å². The molecule has 6 rings (SSSR count). The van der Waals surface area contributed by atoms with Crippen LogP contribution in [0.3, 0.4) is 0 Å². The Labute approximate surface area is 189 Å². The lowest BCUT2D eigenvalue weighted by Crippen LogP contribution is -2.30. The van der Waals surface area contributed by atoms with Crippen molar-refractivity contribution < 1.29 is 4.42 Å². The molecule has 1 aliphatic rings. The monoisotopic (exact) mass is 501 g/mol. The summed E-state index contributed by atoms with van der Waals surface area (Å²) in [6.45, 7) is 4.64. The number of rotatable bonds is 1. The second-order valence-corrected chi connectivity index (χ2v) is 9.56. The van der Waals surface area contributed by atoms with Gasteiger partial charge in [0, 0.05) is 21.9 Å². The Kier molecular flexibility index (Phi) is 3.81. The Bertz CT molecular complexity index is 1400. The predicted molar refractivity (Wildman–Crippen MR) is 133 cm³/mol. The Morgan fingerprint density at radius 1 is 0.733 bits per heavy atom. The zero-order chi connectivity index (χ0) is 20.5. The van der Waals surface area contributed by atoms with Crippen molar-refractivity contribution in [1.82, 2.24) is 0 Å². The van der Waals surface area contributed by atoms with E-state index in [9.17, 15) is 0 Å².